The Balaban J connectivity index is 2.92. The SMILES string of the molecule is CSC(O/N=C(\C(=O)O)c1nsc(NC(=O)OC(C)(C)C)n1)C(=O)OC(C)(C)C. The fourth-order valence-electron chi connectivity index (χ4n) is 1.57. The highest BCUT2D eigenvalue weighted by molar-refractivity contribution is 7.99. The smallest absolute Gasteiger partial charge is 0.414 e. The van der Waals surface area contributed by atoms with Crippen LogP contribution >= 0.6 is 23.3 Å². The van der Waals surface area contributed by atoms with Crippen LogP contribution in [0.5, 0.6) is 0 Å². The molecule has 0 radical (unpaired) electrons. The molecule has 1 unspecified atom stereocenters. The van der Waals surface area contributed by atoms with Crippen molar-refractivity contribution in [1.82, 2.24) is 9.36 Å². The van der Waals surface area contributed by atoms with Crippen LogP contribution in [0.15, 0.2) is 5.16 Å². The van der Waals surface area contributed by atoms with Crippen LogP contribution in [-0.2, 0) is 23.9 Å². The van der Waals surface area contributed by atoms with Crippen molar-refractivity contribution in [2.24, 2.45) is 5.16 Å². The quantitative estimate of drug-likeness (QED) is 0.276. The molecule has 1 heterocycles. The normalized spacial score (nSPS) is 13.4. The van der Waals surface area contributed by atoms with Gasteiger partial charge in [-0.05, 0) is 47.8 Å². The highest BCUT2D eigenvalue weighted by Gasteiger charge is 2.28. The number of carbonyl (C=O) groups is 3. The van der Waals surface area contributed by atoms with Gasteiger partial charge in [0.15, 0.2) is 0 Å². The molecule has 0 saturated carbocycles. The van der Waals surface area contributed by atoms with Crippen molar-refractivity contribution in [3.63, 3.8) is 0 Å². The van der Waals surface area contributed by atoms with E-state index in [1.54, 1.807) is 47.8 Å². The van der Waals surface area contributed by atoms with Crippen molar-refractivity contribution in [2.75, 3.05) is 11.6 Å². The van der Waals surface area contributed by atoms with Crippen LogP contribution in [0, 0.1) is 0 Å². The van der Waals surface area contributed by atoms with Gasteiger partial charge < -0.3 is 19.4 Å². The third-order valence-electron chi connectivity index (χ3n) is 2.50. The minimum Gasteiger partial charge on any atom is -0.476 e. The molecule has 1 aromatic heterocycles. The first-order valence-corrected chi connectivity index (χ1v) is 10.3. The summed E-state index contributed by atoms with van der Waals surface area (Å²) in [7, 11) is 0. The number of thioether (sulfide) groups is 1. The van der Waals surface area contributed by atoms with Gasteiger partial charge in [0, 0.05) is 11.5 Å². The van der Waals surface area contributed by atoms with Crippen LogP contribution < -0.4 is 5.32 Å². The van der Waals surface area contributed by atoms with Crippen LogP contribution in [0.25, 0.3) is 0 Å². The Hall–Kier alpha value is -2.41. The predicted octanol–water partition coefficient (Wildman–Crippen LogP) is 2.72. The number of nitrogens with one attached hydrogen (secondary N) is 1. The topological polar surface area (TPSA) is 149 Å². The van der Waals surface area contributed by atoms with Gasteiger partial charge in [0.05, 0.1) is 0 Å². The third-order valence-corrected chi connectivity index (χ3v) is 3.84. The Bertz CT molecular complexity index is 781. The molecule has 0 aliphatic heterocycles. The molecular formula is C16H24N4O7S2. The second-order valence-electron chi connectivity index (χ2n) is 7.50. The number of esters is 1. The second kappa shape index (κ2) is 9.87. The number of rotatable bonds is 7. The van der Waals surface area contributed by atoms with Crippen LogP contribution in [-0.4, -0.2) is 61.1 Å². The average molecular weight is 449 g/mol. The zero-order valence-corrected chi connectivity index (χ0v) is 18.8. The Morgan fingerprint density at radius 2 is 1.72 bits per heavy atom. The Morgan fingerprint density at radius 3 is 2.21 bits per heavy atom. The lowest BCUT2D eigenvalue weighted by atomic mass is 10.2. The van der Waals surface area contributed by atoms with Gasteiger partial charge in [-0.25, -0.2) is 14.4 Å². The molecule has 0 aliphatic carbocycles. The molecule has 0 saturated heterocycles. The molecule has 11 nitrogen and oxygen atoms in total. The molecule has 0 bridgehead atoms. The molecule has 1 amide bonds. The summed E-state index contributed by atoms with van der Waals surface area (Å²) in [5, 5.41) is 15.2. The van der Waals surface area contributed by atoms with Gasteiger partial charge in [0.1, 0.15) is 11.2 Å². The summed E-state index contributed by atoms with van der Waals surface area (Å²) < 4.78 is 14.1. The molecule has 1 atom stereocenters. The maximum Gasteiger partial charge on any atom is 0.414 e. The van der Waals surface area contributed by atoms with E-state index in [-0.39, 0.29) is 11.0 Å². The van der Waals surface area contributed by atoms with Gasteiger partial charge in [-0.1, -0.05) is 5.16 Å². The number of hydrogen-bond donors (Lipinski definition) is 2. The number of amides is 1. The summed E-state index contributed by atoms with van der Waals surface area (Å²) >= 11 is 1.71. The molecule has 0 fully saturated rings. The number of nitrogens with zero attached hydrogens (tertiary/aromatic N) is 3. The molecule has 0 aliphatic rings. The number of hydrogen-bond acceptors (Lipinski definition) is 11. The Labute approximate surface area is 176 Å². The van der Waals surface area contributed by atoms with Gasteiger partial charge in [0.2, 0.25) is 16.7 Å². The first-order chi connectivity index (χ1) is 13.2. The van der Waals surface area contributed by atoms with Crippen LogP contribution in [0.3, 0.4) is 0 Å². The van der Waals surface area contributed by atoms with Gasteiger partial charge in [-0.3, -0.25) is 5.32 Å². The number of carbonyl (C=O) groups excluding carboxylic acids is 2. The van der Waals surface area contributed by atoms with Gasteiger partial charge in [-0.2, -0.15) is 9.36 Å². The van der Waals surface area contributed by atoms with Crippen molar-refractivity contribution in [3.05, 3.63) is 5.82 Å². The lowest BCUT2D eigenvalue weighted by Crippen LogP contribution is -2.31. The fraction of sp³-hybridized carbons (Fsp3) is 0.625. The molecule has 2 N–H and O–H groups in total. The number of anilines is 1. The van der Waals surface area contributed by atoms with Crippen molar-refractivity contribution in [1.29, 1.82) is 0 Å². The number of aromatic nitrogens is 2. The maximum atomic E-state index is 12.1. The zero-order chi connectivity index (χ0) is 22.4. The van der Waals surface area contributed by atoms with E-state index < -0.39 is 40.4 Å². The molecule has 13 heteroatoms. The van der Waals surface area contributed by atoms with E-state index in [0.717, 1.165) is 23.3 Å². The van der Waals surface area contributed by atoms with E-state index in [0.29, 0.717) is 0 Å². The summed E-state index contributed by atoms with van der Waals surface area (Å²) in [6, 6.07) is 0. The number of ether oxygens (including phenoxy) is 2. The van der Waals surface area contributed by atoms with Gasteiger partial charge >= 0.3 is 18.0 Å². The van der Waals surface area contributed by atoms with E-state index in [9.17, 15) is 19.5 Å². The minimum atomic E-state index is -1.48. The highest BCUT2D eigenvalue weighted by atomic mass is 32.2. The monoisotopic (exact) mass is 448 g/mol. The Kier molecular flexibility index (Phi) is 8.38. The van der Waals surface area contributed by atoms with E-state index >= 15 is 0 Å². The second-order valence-corrected chi connectivity index (χ2v) is 9.15. The fourth-order valence-corrected chi connectivity index (χ4v) is 2.50. The number of carboxylic acid groups (broad SMARTS) is 1. The van der Waals surface area contributed by atoms with Crippen LogP contribution in [0.2, 0.25) is 0 Å². The molecule has 1 rings (SSSR count). The minimum absolute atomic E-state index is 0.0109. The lowest BCUT2D eigenvalue weighted by Gasteiger charge is -2.21. The predicted molar refractivity (Wildman–Crippen MR) is 108 cm³/mol. The lowest BCUT2D eigenvalue weighted by molar-refractivity contribution is -0.162. The third kappa shape index (κ3) is 9.09. The van der Waals surface area contributed by atoms with Crippen molar-refractivity contribution in [2.45, 2.75) is 58.2 Å². The van der Waals surface area contributed by atoms with Crippen molar-refractivity contribution < 1.29 is 33.8 Å². The molecule has 1 aromatic rings. The van der Waals surface area contributed by atoms with E-state index in [4.69, 9.17) is 14.3 Å². The summed E-state index contributed by atoms with van der Waals surface area (Å²) in [5.74, 6) is -2.48. The number of aliphatic carboxylic acids is 1. The standard InChI is InChI=1S/C16H24N4O7S2/c1-15(2,3)25-11(23)12(28-7)27-19-8(10(21)22)9-17-13(29-20-9)18-14(24)26-16(4,5)6/h12H,1-7H3,(H,21,22)(H,17,18,20,24)/b19-8-. The number of oxime groups is 1. The summed E-state index contributed by atoms with van der Waals surface area (Å²) in [6.07, 6.45) is 0.812. The summed E-state index contributed by atoms with van der Waals surface area (Å²) in [4.78, 5) is 44.3. The van der Waals surface area contributed by atoms with Crippen molar-refractivity contribution in [3.8, 4) is 0 Å². The van der Waals surface area contributed by atoms with Gasteiger partial charge in [0.25, 0.3) is 5.44 Å². The molecule has 162 valence electrons. The van der Waals surface area contributed by atoms with Crippen molar-refractivity contribution >= 4 is 52.2 Å². The number of carboxylic acids is 1. The molecule has 0 aromatic carbocycles. The molecule has 0 spiro atoms. The van der Waals surface area contributed by atoms with E-state index in [2.05, 4.69) is 19.8 Å². The maximum absolute atomic E-state index is 12.1. The van der Waals surface area contributed by atoms with E-state index in [1.807, 2.05) is 0 Å². The molecular weight excluding hydrogens is 424 g/mol. The van der Waals surface area contributed by atoms with Gasteiger partial charge in [-0.15, -0.1) is 11.8 Å². The molecule has 29 heavy (non-hydrogen) atoms. The van der Waals surface area contributed by atoms with E-state index in [1.165, 1.54) is 0 Å². The highest BCUT2D eigenvalue weighted by Crippen LogP contribution is 2.18. The first kappa shape index (κ1) is 24.6. The van der Waals surface area contributed by atoms with Crippen LogP contribution in [0.1, 0.15) is 47.4 Å². The van der Waals surface area contributed by atoms with Crippen LogP contribution in [0.4, 0.5) is 9.93 Å². The summed E-state index contributed by atoms with van der Waals surface area (Å²) in [5.41, 5.74) is -3.28. The first-order valence-electron chi connectivity index (χ1n) is 8.28. The Morgan fingerprint density at radius 1 is 1.14 bits per heavy atom. The zero-order valence-electron chi connectivity index (χ0n) is 17.1. The average Bonchev–Trinajstić information content (AvgIpc) is 2.95. The largest absolute Gasteiger partial charge is 0.476 e. The summed E-state index contributed by atoms with van der Waals surface area (Å²) in [6.45, 7) is 10.1.